The van der Waals surface area contributed by atoms with Gasteiger partial charge < -0.3 is 0 Å². The van der Waals surface area contributed by atoms with Gasteiger partial charge in [-0.2, -0.15) is 17.0 Å². The van der Waals surface area contributed by atoms with Crippen LogP contribution in [0.2, 0.25) is 0 Å². The van der Waals surface area contributed by atoms with Crippen LogP contribution in [0.4, 0.5) is 0 Å². The second-order valence-electron chi connectivity index (χ2n) is 4.07. The average molecular weight is 281 g/mol. The van der Waals surface area contributed by atoms with Crippen LogP contribution in [0, 0.1) is 23.2 Å². The van der Waals surface area contributed by atoms with Gasteiger partial charge >= 0.3 is 0 Å². The first-order valence-electron chi connectivity index (χ1n) is 4.90. The minimum Gasteiger partial charge on any atom is -0.258 e. The van der Waals surface area contributed by atoms with Crippen molar-refractivity contribution >= 4 is 27.7 Å². The largest absolute Gasteiger partial charge is 0.258 e. The van der Waals surface area contributed by atoms with E-state index in [0.717, 1.165) is 21.7 Å². The molecule has 2 aliphatic rings. The van der Waals surface area contributed by atoms with Crippen molar-refractivity contribution in [3.63, 3.8) is 0 Å². The number of nitriles is 1. The summed E-state index contributed by atoms with van der Waals surface area (Å²) in [6.07, 6.45) is 1.78. The Kier molecular flexibility index (Phi) is 2.08. The van der Waals surface area contributed by atoms with Crippen molar-refractivity contribution < 1.29 is 0 Å². The van der Waals surface area contributed by atoms with Gasteiger partial charge in [0.15, 0.2) is 0 Å². The normalized spacial score (nSPS) is 37.1. The molecule has 0 radical (unpaired) electrons. The number of aromatic nitrogens is 1. The number of halogens is 1. The molecule has 76 valence electrons. The van der Waals surface area contributed by atoms with Gasteiger partial charge in [-0.25, -0.2) is 0 Å². The van der Waals surface area contributed by atoms with Crippen molar-refractivity contribution in [2.24, 2.45) is 11.8 Å². The third-order valence-electron chi connectivity index (χ3n) is 3.48. The van der Waals surface area contributed by atoms with Crippen molar-refractivity contribution in [2.45, 2.75) is 5.41 Å². The van der Waals surface area contributed by atoms with Gasteiger partial charge in [0.25, 0.3) is 0 Å². The van der Waals surface area contributed by atoms with Crippen LogP contribution < -0.4 is 0 Å². The number of hydrogen-bond acceptors (Lipinski definition) is 3. The number of thioether (sulfide) groups is 1. The molecule has 1 aliphatic carbocycles. The molecule has 3 atom stereocenters. The summed E-state index contributed by atoms with van der Waals surface area (Å²) in [7, 11) is 0. The molecule has 2 fully saturated rings. The molecule has 1 aromatic rings. The van der Waals surface area contributed by atoms with Gasteiger partial charge in [0.2, 0.25) is 0 Å². The van der Waals surface area contributed by atoms with Gasteiger partial charge in [0.05, 0.1) is 11.8 Å². The highest BCUT2D eigenvalue weighted by Crippen LogP contribution is 2.65. The maximum absolute atomic E-state index is 9.42. The maximum Gasteiger partial charge on any atom is 0.108 e. The summed E-state index contributed by atoms with van der Waals surface area (Å²) in [5.41, 5.74) is 0.661. The summed E-state index contributed by atoms with van der Waals surface area (Å²) < 4.78 is 0.978. The summed E-state index contributed by atoms with van der Waals surface area (Å²) in [5.74, 6) is 3.28. The molecule has 0 N–H and O–H groups in total. The molecule has 1 saturated carbocycles. The Labute approximate surface area is 101 Å². The van der Waals surface area contributed by atoms with Crippen LogP contribution in [0.3, 0.4) is 0 Å². The van der Waals surface area contributed by atoms with Crippen molar-refractivity contribution in [2.75, 3.05) is 11.5 Å². The van der Waals surface area contributed by atoms with E-state index in [1.54, 1.807) is 6.20 Å². The van der Waals surface area contributed by atoms with Gasteiger partial charge in [-0.05, 0) is 51.4 Å². The lowest BCUT2D eigenvalue weighted by atomic mass is 9.99. The minimum absolute atomic E-state index is 0.286. The summed E-state index contributed by atoms with van der Waals surface area (Å²) in [6.45, 7) is 0. The average Bonchev–Trinajstić information content (AvgIpc) is 2.64. The second kappa shape index (κ2) is 3.23. The molecule has 2 nitrogen and oxygen atoms in total. The predicted octanol–water partition coefficient (Wildman–Crippen LogP) is 2.60. The van der Waals surface area contributed by atoms with E-state index >= 15 is 0 Å². The standard InChI is InChI=1S/C11H9BrN2S/c12-9-2-1-3-14-10(9)11(6-13)7-4-15-5-8(7)11/h1-3,7-8H,4-5H2/t7-,8?,11+/m0/s1. The lowest BCUT2D eigenvalue weighted by molar-refractivity contribution is 0.739. The molecule has 0 bridgehead atoms. The first-order valence-corrected chi connectivity index (χ1v) is 6.85. The maximum atomic E-state index is 9.42. The second-order valence-corrected chi connectivity index (χ2v) is 5.99. The van der Waals surface area contributed by atoms with Crippen molar-refractivity contribution in [1.82, 2.24) is 4.98 Å². The third-order valence-corrected chi connectivity index (χ3v) is 5.31. The number of nitrogens with zero attached hydrogens (tertiary/aromatic N) is 2. The zero-order chi connectivity index (χ0) is 10.5. The van der Waals surface area contributed by atoms with E-state index in [9.17, 15) is 5.26 Å². The molecular weight excluding hydrogens is 272 g/mol. The monoisotopic (exact) mass is 280 g/mol. The molecule has 15 heavy (non-hydrogen) atoms. The highest BCUT2D eigenvalue weighted by Gasteiger charge is 2.69. The van der Waals surface area contributed by atoms with E-state index in [1.807, 2.05) is 23.9 Å². The highest BCUT2D eigenvalue weighted by molar-refractivity contribution is 9.10. The topological polar surface area (TPSA) is 36.7 Å². The fraction of sp³-hybridized carbons (Fsp3) is 0.455. The molecule has 4 heteroatoms. The molecule has 3 rings (SSSR count). The summed E-state index contributed by atoms with van der Waals surface area (Å²) >= 11 is 5.46. The molecule has 2 heterocycles. The molecule has 1 aromatic heterocycles. The van der Waals surface area contributed by atoms with Crippen molar-refractivity contribution in [1.29, 1.82) is 5.26 Å². The van der Waals surface area contributed by atoms with Gasteiger partial charge in [-0.15, -0.1) is 0 Å². The Morgan fingerprint density at radius 3 is 2.87 bits per heavy atom. The number of pyridine rings is 1. The Morgan fingerprint density at radius 2 is 2.27 bits per heavy atom. The van der Waals surface area contributed by atoms with Crippen LogP contribution in [0.1, 0.15) is 5.69 Å². The first-order chi connectivity index (χ1) is 7.30. The van der Waals surface area contributed by atoms with E-state index < -0.39 is 0 Å². The zero-order valence-corrected chi connectivity index (χ0v) is 10.4. The summed E-state index contributed by atoms with van der Waals surface area (Å²) in [6, 6.07) is 6.37. The summed E-state index contributed by atoms with van der Waals surface area (Å²) in [4.78, 5) is 4.39. The zero-order valence-electron chi connectivity index (χ0n) is 7.98. The quantitative estimate of drug-likeness (QED) is 0.794. The Morgan fingerprint density at radius 1 is 1.53 bits per heavy atom. The van der Waals surface area contributed by atoms with Crippen LogP contribution in [0.5, 0.6) is 0 Å². The van der Waals surface area contributed by atoms with Crippen molar-refractivity contribution in [3.8, 4) is 6.07 Å². The van der Waals surface area contributed by atoms with Crippen LogP contribution >= 0.6 is 27.7 Å². The van der Waals surface area contributed by atoms with Gasteiger partial charge in [0.1, 0.15) is 5.41 Å². The number of fused-ring (bicyclic) bond motifs is 1. The molecule has 0 spiro atoms. The van der Waals surface area contributed by atoms with E-state index in [1.165, 1.54) is 0 Å². The Bertz CT molecular complexity index is 444. The molecule has 1 aliphatic heterocycles. The summed E-state index contributed by atoms with van der Waals surface area (Å²) in [5, 5.41) is 9.42. The van der Waals surface area contributed by atoms with E-state index in [0.29, 0.717) is 11.8 Å². The minimum atomic E-state index is -0.286. The van der Waals surface area contributed by atoms with Crippen LogP contribution in [0.25, 0.3) is 0 Å². The smallest absolute Gasteiger partial charge is 0.108 e. The van der Waals surface area contributed by atoms with Gasteiger partial charge in [0, 0.05) is 10.7 Å². The van der Waals surface area contributed by atoms with E-state index in [-0.39, 0.29) is 5.41 Å². The Balaban J connectivity index is 2.08. The van der Waals surface area contributed by atoms with Crippen molar-refractivity contribution in [3.05, 3.63) is 28.5 Å². The molecule has 1 unspecified atom stereocenters. The fourth-order valence-electron chi connectivity index (χ4n) is 2.62. The Hall–Kier alpha value is -0.530. The number of hydrogen-bond donors (Lipinski definition) is 0. The van der Waals surface area contributed by atoms with Crippen LogP contribution in [0.15, 0.2) is 22.8 Å². The number of rotatable bonds is 1. The highest BCUT2D eigenvalue weighted by atomic mass is 79.9. The molecule has 0 amide bonds. The van der Waals surface area contributed by atoms with E-state index in [4.69, 9.17) is 0 Å². The molecule has 1 saturated heterocycles. The van der Waals surface area contributed by atoms with Crippen LogP contribution in [-0.2, 0) is 5.41 Å². The lowest BCUT2D eigenvalue weighted by Gasteiger charge is -2.12. The predicted molar refractivity (Wildman–Crippen MR) is 63.5 cm³/mol. The molecular formula is C11H9BrN2S. The van der Waals surface area contributed by atoms with E-state index in [2.05, 4.69) is 27.0 Å². The first kappa shape index (κ1) is 9.68. The van der Waals surface area contributed by atoms with Crippen LogP contribution in [-0.4, -0.2) is 16.5 Å². The molecule has 0 aromatic carbocycles. The van der Waals surface area contributed by atoms with Gasteiger partial charge in [-0.1, -0.05) is 0 Å². The third kappa shape index (κ3) is 1.14. The lowest BCUT2D eigenvalue weighted by Crippen LogP contribution is -2.15. The van der Waals surface area contributed by atoms with Gasteiger partial charge in [-0.3, -0.25) is 4.98 Å². The fourth-order valence-corrected chi connectivity index (χ4v) is 4.83. The SMILES string of the molecule is N#C[C@]1(c2ncccc2Br)C2CSC[C@@H]21.